The Morgan fingerprint density at radius 1 is 1.44 bits per heavy atom. The van der Waals surface area contributed by atoms with Crippen molar-refractivity contribution in [2.24, 2.45) is 5.73 Å². The van der Waals surface area contributed by atoms with E-state index in [-0.39, 0.29) is 17.8 Å². The number of halogens is 1. The third-order valence-electron chi connectivity index (χ3n) is 4.39. The van der Waals surface area contributed by atoms with Crippen molar-refractivity contribution < 1.29 is 4.79 Å². The summed E-state index contributed by atoms with van der Waals surface area (Å²) in [7, 11) is 0. The van der Waals surface area contributed by atoms with Crippen LogP contribution in [-0.4, -0.2) is 40.0 Å². The maximum Gasteiger partial charge on any atom is 0.289 e. The number of nitrogens with one attached hydrogen (secondary N) is 1. The average molecular weight is 361 g/mol. The van der Waals surface area contributed by atoms with Gasteiger partial charge in [-0.15, -0.1) is 0 Å². The first kappa shape index (κ1) is 17.6. The van der Waals surface area contributed by atoms with Gasteiger partial charge in [-0.1, -0.05) is 11.6 Å². The van der Waals surface area contributed by atoms with E-state index in [1.807, 2.05) is 13.8 Å². The van der Waals surface area contributed by atoms with Gasteiger partial charge in [0.05, 0.1) is 5.02 Å². The lowest BCUT2D eigenvalue weighted by Gasteiger charge is -2.20. The second-order valence-electron chi connectivity index (χ2n) is 6.23. The van der Waals surface area contributed by atoms with Gasteiger partial charge in [0.1, 0.15) is 5.82 Å². The molecule has 1 aliphatic rings. The number of carbonyl (C=O) groups is 1. The first-order valence-corrected chi connectivity index (χ1v) is 8.56. The van der Waals surface area contributed by atoms with E-state index < -0.39 is 0 Å². The van der Waals surface area contributed by atoms with Crippen LogP contribution in [0, 0.1) is 13.8 Å². The van der Waals surface area contributed by atoms with Gasteiger partial charge in [0.15, 0.2) is 0 Å². The lowest BCUT2D eigenvalue weighted by Crippen LogP contribution is -2.30. The molecule has 3 heterocycles. The summed E-state index contributed by atoms with van der Waals surface area (Å²) in [6, 6.07) is 1.90. The second-order valence-corrected chi connectivity index (χ2v) is 6.63. The highest BCUT2D eigenvalue weighted by molar-refractivity contribution is 6.31. The van der Waals surface area contributed by atoms with E-state index in [0.29, 0.717) is 11.6 Å². The van der Waals surface area contributed by atoms with Gasteiger partial charge in [-0.25, -0.2) is 9.97 Å². The van der Waals surface area contributed by atoms with Crippen LogP contribution in [0.5, 0.6) is 0 Å². The van der Waals surface area contributed by atoms with Crippen molar-refractivity contribution in [2.75, 3.05) is 18.0 Å². The number of carbonyl (C=O) groups excluding carboxylic acids is 1. The van der Waals surface area contributed by atoms with Gasteiger partial charge >= 0.3 is 0 Å². The molecule has 1 saturated heterocycles. The maximum absolute atomic E-state index is 12.5. The van der Waals surface area contributed by atoms with Crippen LogP contribution in [0.4, 0.5) is 5.82 Å². The highest BCUT2D eigenvalue weighted by Crippen LogP contribution is 2.23. The van der Waals surface area contributed by atoms with Gasteiger partial charge in [0.2, 0.25) is 5.82 Å². The summed E-state index contributed by atoms with van der Waals surface area (Å²) >= 11 is 6.06. The third-order valence-corrected chi connectivity index (χ3v) is 4.73. The Hall–Kier alpha value is -2.25. The van der Waals surface area contributed by atoms with Crippen LogP contribution >= 0.6 is 11.6 Å². The van der Waals surface area contributed by atoms with Crippen LogP contribution in [0.2, 0.25) is 5.02 Å². The van der Waals surface area contributed by atoms with Crippen molar-refractivity contribution in [2.45, 2.75) is 32.9 Å². The molecule has 1 amide bonds. The molecule has 2 aromatic heterocycles. The largest absolute Gasteiger partial charge is 0.355 e. The van der Waals surface area contributed by atoms with E-state index >= 15 is 0 Å². The molecule has 0 radical (unpaired) electrons. The number of nitrogens with zero attached hydrogens (tertiary/aromatic N) is 4. The number of hydrogen-bond acceptors (Lipinski definition) is 6. The van der Waals surface area contributed by atoms with E-state index in [4.69, 9.17) is 17.3 Å². The molecular weight excluding hydrogens is 340 g/mol. The molecule has 0 aliphatic carbocycles. The first-order chi connectivity index (χ1) is 12.0. The molecule has 132 valence electrons. The van der Waals surface area contributed by atoms with Crippen LogP contribution < -0.4 is 16.0 Å². The summed E-state index contributed by atoms with van der Waals surface area (Å²) in [5.74, 6) is 0.608. The van der Waals surface area contributed by atoms with E-state index in [9.17, 15) is 4.79 Å². The fraction of sp³-hybridized carbons (Fsp3) is 0.412. The summed E-state index contributed by atoms with van der Waals surface area (Å²) in [5, 5.41) is 3.32. The molecule has 2 aromatic rings. The molecule has 0 aromatic carbocycles. The van der Waals surface area contributed by atoms with Gasteiger partial charge in [-0.3, -0.25) is 9.78 Å². The van der Waals surface area contributed by atoms with Crippen LogP contribution in [-0.2, 0) is 6.54 Å². The zero-order valence-corrected chi connectivity index (χ0v) is 15.0. The quantitative estimate of drug-likeness (QED) is 0.859. The minimum Gasteiger partial charge on any atom is -0.355 e. The lowest BCUT2D eigenvalue weighted by molar-refractivity contribution is 0.0940. The average Bonchev–Trinajstić information content (AvgIpc) is 3.02. The van der Waals surface area contributed by atoms with Crippen molar-refractivity contribution in [3.8, 4) is 0 Å². The molecule has 3 rings (SSSR count). The molecule has 0 bridgehead atoms. The summed E-state index contributed by atoms with van der Waals surface area (Å²) in [4.78, 5) is 27.3. The molecule has 7 nitrogen and oxygen atoms in total. The van der Waals surface area contributed by atoms with Gasteiger partial charge in [0, 0.05) is 49.3 Å². The minimum atomic E-state index is -0.333. The molecule has 1 fully saturated rings. The number of nitrogens with two attached hydrogens (primary N) is 1. The number of hydrogen-bond donors (Lipinski definition) is 2. The van der Waals surface area contributed by atoms with Gasteiger partial charge in [-0.2, -0.15) is 0 Å². The van der Waals surface area contributed by atoms with E-state index in [2.05, 4.69) is 25.2 Å². The van der Waals surface area contributed by atoms with Crippen molar-refractivity contribution in [3.05, 3.63) is 46.1 Å². The molecule has 0 saturated carbocycles. The molecular formula is C17H21ClN6O. The topological polar surface area (TPSA) is 97.0 Å². The highest BCUT2D eigenvalue weighted by Gasteiger charge is 2.24. The normalized spacial score (nSPS) is 17.0. The van der Waals surface area contributed by atoms with Crippen molar-refractivity contribution in [1.29, 1.82) is 0 Å². The monoisotopic (exact) mass is 360 g/mol. The maximum atomic E-state index is 12.5. The highest BCUT2D eigenvalue weighted by atomic mass is 35.5. The molecule has 0 spiro atoms. The Labute approximate surface area is 151 Å². The Morgan fingerprint density at radius 2 is 2.24 bits per heavy atom. The van der Waals surface area contributed by atoms with Crippen LogP contribution in [0.25, 0.3) is 0 Å². The fourth-order valence-electron chi connectivity index (χ4n) is 2.80. The molecule has 8 heteroatoms. The summed E-state index contributed by atoms with van der Waals surface area (Å²) in [6.45, 7) is 5.72. The van der Waals surface area contributed by atoms with Crippen molar-refractivity contribution in [1.82, 2.24) is 20.3 Å². The predicted octanol–water partition coefficient (Wildman–Crippen LogP) is 1.61. The minimum absolute atomic E-state index is 0.140. The Kier molecular flexibility index (Phi) is 5.15. The van der Waals surface area contributed by atoms with Crippen LogP contribution in [0.3, 0.4) is 0 Å². The van der Waals surface area contributed by atoms with Crippen molar-refractivity contribution >= 4 is 23.3 Å². The second kappa shape index (κ2) is 7.33. The molecule has 1 atom stereocenters. The standard InChI is InChI=1S/C17H21ClN6O/c1-10-11(2)22-15(23-16(10)24-6-4-13(19)9-24)17(25)21-7-12-3-5-20-8-14(12)18/h3,5,8,13H,4,6-7,9,19H2,1-2H3,(H,21,25)/t13-/m1/s1. The predicted molar refractivity (Wildman–Crippen MR) is 96.7 cm³/mol. The lowest BCUT2D eigenvalue weighted by atomic mass is 10.2. The molecule has 0 unspecified atom stereocenters. The Morgan fingerprint density at radius 3 is 2.92 bits per heavy atom. The fourth-order valence-corrected chi connectivity index (χ4v) is 2.99. The van der Waals surface area contributed by atoms with Crippen LogP contribution in [0.1, 0.15) is 33.9 Å². The summed E-state index contributed by atoms with van der Waals surface area (Å²) < 4.78 is 0. The third kappa shape index (κ3) is 3.88. The summed E-state index contributed by atoms with van der Waals surface area (Å²) in [6.07, 6.45) is 4.10. The van der Waals surface area contributed by atoms with E-state index in [1.165, 1.54) is 0 Å². The summed E-state index contributed by atoms with van der Waals surface area (Å²) in [5.41, 5.74) is 8.55. The van der Waals surface area contributed by atoms with E-state index in [1.54, 1.807) is 18.5 Å². The van der Waals surface area contributed by atoms with Gasteiger partial charge < -0.3 is 16.0 Å². The first-order valence-electron chi connectivity index (χ1n) is 8.18. The number of anilines is 1. The SMILES string of the molecule is Cc1nc(C(=O)NCc2ccncc2Cl)nc(N2CC[C@@H](N)C2)c1C. The Bertz CT molecular complexity index is 797. The smallest absolute Gasteiger partial charge is 0.289 e. The number of amides is 1. The molecule has 3 N–H and O–H groups in total. The number of pyridine rings is 1. The van der Waals surface area contributed by atoms with Crippen LogP contribution in [0.15, 0.2) is 18.5 Å². The zero-order chi connectivity index (χ0) is 18.0. The van der Waals surface area contributed by atoms with Gasteiger partial charge in [-0.05, 0) is 31.9 Å². The van der Waals surface area contributed by atoms with Gasteiger partial charge in [0.25, 0.3) is 5.91 Å². The zero-order valence-electron chi connectivity index (χ0n) is 14.3. The number of rotatable bonds is 4. The number of aryl methyl sites for hydroxylation is 1. The Balaban J connectivity index is 1.78. The van der Waals surface area contributed by atoms with Crippen molar-refractivity contribution in [3.63, 3.8) is 0 Å². The molecule has 1 aliphatic heterocycles. The van der Waals surface area contributed by atoms with E-state index in [0.717, 1.165) is 42.1 Å². The molecule has 25 heavy (non-hydrogen) atoms. The number of aromatic nitrogens is 3.